The van der Waals surface area contributed by atoms with Crippen LogP contribution in [0.1, 0.15) is 38.1 Å². The highest BCUT2D eigenvalue weighted by molar-refractivity contribution is 5.88. The third-order valence-electron chi connectivity index (χ3n) is 2.86. The minimum absolute atomic E-state index is 0.142. The Morgan fingerprint density at radius 3 is 2.71 bits per heavy atom. The summed E-state index contributed by atoms with van der Waals surface area (Å²) in [6.45, 7) is 7.77. The molecule has 0 fully saturated rings. The fourth-order valence-electron chi connectivity index (χ4n) is 1.85. The molecule has 0 radical (unpaired) electrons. The van der Waals surface area contributed by atoms with Crippen molar-refractivity contribution in [3.05, 3.63) is 40.7 Å². The molecule has 0 aromatic carbocycles. The second kappa shape index (κ2) is 5.51. The minimum atomic E-state index is -0.476. The SMILES string of the molecule is CCOC(=O)c1cnn(-c2nccn(C(C)(C)C)c2=O)c1. The Hall–Kier alpha value is -2.44. The summed E-state index contributed by atoms with van der Waals surface area (Å²) in [6, 6.07) is 0. The maximum absolute atomic E-state index is 12.4. The van der Waals surface area contributed by atoms with Gasteiger partial charge in [0.05, 0.1) is 18.4 Å². The van der Waals surface area contributed by atoms with E-state index in [2.05, 4.69) is 10.1 Å². The standard InChI is InChI=1S/C14H18N4O3/c1-5-21-13(20)10-8-16-18(9-10)11-12(19)17(7-6-15-11)14(2,3)4/h6-9H,5H2,1-4H3. The van der Waals surface area contributed by atoms with Gasteiger partial charge in [-0.05, 0) is 27.7 Å². The van der Waals surface area contributed by atoms with Gasteiger partial charge in [0.25, 0.3) is 5.56 Å². The Balaban J connectivity index is 2.45. The Morgan fingerprint density at radius 2 is 2.10 bits per heavy atom. The first-order chi connectivity index (χ1) is 9.84. The Kier molecular flexibility index (Phi) is 3.93. The number of aromatic nitrogens is 4. The van der Waals surface area contributed by atoms with E-state index in [9.17, 15) is 9.59 Å². The summed E-state index contributed by atoms with van der Waals surface area (Å²) >= 11 is 0. The molecule has 0 atom stereocenters. The molecule has 2 aromatic rings. The second-order valence-corrected chi connectivity index (χ2v) is 5.49. The highest BCUT2D eigenvalue weighted by Crippen LogP contribution is 2.11. The van der Waals surface area contributed by atoms with Crippen LogP contribution < -0.4 is 5.56 Å². The van der Waals surface area contributed by atoms with Crippen LogP contribution in [-0.4, -0.2) is 31.9 Å². The van der Waals surface area contributed by atoms with Gasteiger partial charge in [0, 0.05) is 24.1 Å². The largest absolute Gasteiger partial charge is 0.462 e. The first-order valence-electron chi connectivity index (χ1n) is 6.65. The van der Waals surface area contributed by atoms with Crippen molar-refractivity contribution < 1.29 is 9.53 Å². The van der Waals surface area contributed by atoms with Gasteiger partial charge < -0.3 is 9.30 Å². The van der Waals surface area contributed by atoms with Gasteiger partial charge in [-0.3, -0.25) is 4.79 Å². The van der Waals surface area contributed by atoms with Crippen LogP contribution in [0.2, 0.25) is 0 Å². The highest BCUT2D eigenvalue weighted by Gasteiger charge is 2.18. The first-order valence-corrected chi connectivity index (χ1v) is 6.65. The van der Waals surface area contributed by atoms with Gasteiger partial charge in [-0.15, -0.1) is 0 Å². The van der Waals surface area contributed by atoms with Crippen molar-refractivity contribution in [3.63, 3.8) is 0 Å². The number of hydrogen-bond donors (Lipinski definition) is 0. The molecule has 0 aliphatic heterocycles. The predicted molar refractivity (Wildman–Crippen MR) is 76.6 cm³/mol. The summed E-state index contributed by atoms with van der Waals surface area (Å²) in [6.07, 6.45) is 5.96. The van der Waals surface area contributed by atoms with Gasteiger partial charge in [-0.25, -0.2) is 14.5 Å². The van der Waals surface area contributed by atoms with Crippen LogP contribution >= 0.6 is 0 Å². The molecule has 2 aromatic heterocycles. The molecule has 0 spiro atoms. The molecule has 2 rings (SSSR count). The summed E-state index contributed by atoms with van der Waals surface area (Å²) in [4.78, 5) is 28.1. The number of rotatable bonds is 3. The lowest BCUT2D eigenvalue weighted by Crippen LogP contribution is -2.35. The molecule has 0 amide bonds. The Bertz CT molecular complexity index is 709. The van der Waals surface area contributed by atoms with E-state index in [1.165, 1.54) is 23.3 Å². The number of carbonyl (C=O) groups is 1. The van der Waals surface area contributed by atoms with Gasteiger partial charge in [-0.2, -0.15) is 5.10 Å². The highest BCUT2D eigenvalue weighted by atomic mass is 16.5. The third-order valence-corrected chi connectivity index (χ3v) is 2.86. The average Bonchev–Trinajstić information content (AvgIpc) is 2.87. The van der Waals surface area contributed by atoms with E-state index >= 15 is 0 Å². The van der Waals surface area contributed by atoms with E-state index in [1.807, 2.05) is 20.8 Å². The van der Waals surface area contributed by atoms with Crippen molar-refractivity contribution >= 4 is 5.97 Å². The minimum Gasteiger partial charge on any atom is -0.462 e. The molecular weight excluding hydrogens is 272 g/mol. The maximum Gasteiger partial charge on any atom is 0.341 e. The third kappa shape index (κ3) is 3.01. The molecule has 2 heterocycles. The number of nitrogens with zero attached hydrogens (tertiary/aromatic N) is 4. The normalized spacial score (nSPS) is 11.4. The lowest BCUT2D eigenvalue weighted by molar-refractivity contribution is 0.0526. The lowest BCUT2D eigenvalue weighted by atomic mass is 10.1. The van der Waals surface area contributed by atoms with Crippen molar-refractivity contribution in [1.29, 1.82) is 0 Å². The van der Waals surface area contributed by atoms with Gasteiger partial charge in [-0.1, -0.05) is 0 Å². The molecule has 0 unspecified atom stereocenters. The average molecular weight is 290 g/mol. The van der Waals surface area contributed by atoms with Gasteiger partial charge in [0.2, 0.25) is 5.82 Å². The molecule has 112 valence electrons. The zero-order chi connectivity index (χ0) is 15.6. The molecule has 0 aliphatic rings. The van der Waals surface area contributed by atoms with E-state index < -0.39 is 5.97 Å². The second-order valence-electron chi connectivity index (χ2n) is 5.49. The van der Waals surface area contributed by atoms with Crippen LogP contribution in [0.15, 0.2) is 29.6 Å². The van der Waals surface area contributed by atoms with Gasteiger partial charge in [0.1, 0.15) is 0 Å². The quantitative estimate of drug-likeness (QED) is 0.797. The fourth-order valence-corrected chi connectivity index (χ4v) is 1.85. The van der Waals surface area contributed by atoms with Crippen molar-refractivity contribution in [2.24, 2.45) is 0 Å². The van der Waals surface area contributed by atoms with Crippen molar-refractivity contribution in [2.75, 3.05) is 6.61 Å². The predicted octanol–water partition coefficient (Wildman–Crippen LogP) is 1.36. The van der Waals surface area contributed by atoms with Gasteiger partial charge >= 0.3 is 5.97 Å². The van der Waals surface area contributed by atoms with E-state index in [0.29, 0.717) is 0 Å². The number of carbonyl (C=O) groups excluding carboxylic acids is 1. The van der Waals surface area contributed by atoms with Crippen LogP contribution in [0.5, 0.6) is 0 Å². The molecule has 7 heteroatoms. The zero-order valence-corrected chi connectivity index (χ0v) is 12.5. The molecule has 0 bridgehead atoms. The number of hydrogen-bond acceptors (Lipinski definition) is 5. The number of ether oxygens (including phenoxy) is 1. The molecule has 0 saturated heterocycles. The molecule has 0 N–H and O–H groups in total. The smallest absolute Gasteiger partial charge is 0.341 e. The molecule has 21 heavy (non-hydrogen) atoms. The van der Waals surface area contributed by atoms with E-state index in [4.69, 9.17) is 4.74 Å². The van der Waals surface area contributed by atoms with Crippen LogP contribution in [0.25, 0.3) is 5.82 Å². The summed E-state index contributed by atoms with van der Waals surface area (Å²) in [5, 5.41) is 4.01. The number of esters is 1. The van der Waals surface area contributed by atoms with Crippen LogP contribution in [0, 0.1) is 0 Å². The van der Waals surface area contributed by atoms with Crippen molar-refractivity contribution in [3.8, 4) is 5.82 Å². The lowest BCUT2D eigenvalue weighted by Gasteiger charge is -2.22. The summed E-state index contributed by atoms with van der Waals surface area (Å²) < 4.78 is 7.75. The van der Waals surface area contributed by atoms with Crippen LogP contribution in [-0.2, 0) is 10.3 Å². The topological polar surface area (TPSA) is 79.0 Å². The van der Waals surface area contributed by atoms with E-state index in [0.717, 1.165) is 0 Å². The van der Waals surface area contributed by atoms with Crippen LogP contribution in [0.4, 0.5) is 0 Å². The zero-order valence-electron chi connectivity index (χ0n) is 12.5. The first kappa shape index (κ1) is 15.0. The summed E-state index contributed by atoms with van der Waals surface area (Å²) in [5.41, 5.74) is -0.362. The van der Waals surface area contributed by atoms with Crippen molar-refractivity contribution in [1.82, 2.24) is 19.3 Å². The molecule has 7 nitrogen and oxygen atoms in total. The Labute approximate surface area is 122 Å². The molecule has 0 saturated carbocycles. The summed E-state index contributed by atoms with van der Waals surface area (Å²) in [5.74, 6) is -0.334. The van der Waals surface area contributed by atoms with Gasteiger partial charge in [0.15, 0.2) is 0 Å². The van der Waals surface area contributed by atoms with Crippen molar-refractivity contribution in [2.45, 2.75) is 33.2 Å². The van der Waals surface area contributed by atoms with E-state index in [-0.39, 0.29) is 29.1 Å². The Morgan fingerprint density at radius 1 is 1.38 bits per heavy atom. The maximum atomic E-state index is 12.4. The molecular formula is C14H18N4O3. The molecule has 0 aliphatic carbocycles. The monoisotopic (exact) mass is 290 g/mol. The van der Waals surface area contributed by atoms with E-state index in [1.54, 1.807) is 17.7 Å². The van der Waals surface area contributed by atoms with Crippen LogP contribution in [0.3, 0.4) is 0 Å². The fraction of sp³-hybridized carbons (Fsp3) is 0.429. The summed E-state index contributed by atoms with van der Waals surface area (Å²) in [7, 11) is 0.